The number of aryl methyl sites for hydroxylation is 2. The molecule has 0 spiro atoms. The standard InChI is InChI=1S/C20H26N4O2/c25-19(14-24-20(26)23-12-5-1-2-11-18(23)22-24)21-13-16-9-6-8-15-7-3-4-10-17(15)16/h3-4,7,10,16H,1-2,5-6,8-9,11-14H2,(H,21,25). The Morgan fingerprint density at radius 3 is 2.96 bits per heavy atom. The molecule has 0 saturated heterocycles. The molecule has 2 aromatic rings. The van der Waals surface area contributed by atoms with E-state index in [2.05, 4.69) is 34.7 Å². The summed E-state index contributed by atoms with van der Waals surface area (Å²) < 4.78 is 3.06. The number of hydrogen-bond acceptors (Lipinski definition) is 3. The van der Waals surface area contributed by atoms with Crippen LogP contribution in [-0.4, -0.2) is 26.8 Å². The fourth-order valence-electron chi connectivity index (χ4n) is 4.22. The molecular weight excluding hydrogens is 328 g/mol. The molecule has 6 heteroatoms. The first-order chi connectivity index (χ1) is 12.7. The molecule has 0 fully saturated rings. The van der Waals surface area contributed by atoms with E-state index in [1.807, 2.05) is 0 Å². The monoisotopic (exact) mass is 354 g/mol. The van der Waals surface area contributed by atoms with Crippen molar-refractivity contribution in [2.75, 3.05) is 6.54 Å². The lowest BCUT2D eigenvalue weighted by Crippen LogP contribution is -2.36. The molecule has 26 heavy (non-hydrogen) atoms. The second-order valence-corrected chi connectivity index (χ2v) is 7.41. The predicted octanol–water partition coefficient (Wildman–Crippen LogP) is 2.01. The largest absolute Gasteiger partial charge is 0.354 e. The van der Waals surface area contributed by atoms with Gasteiger partial charge >= 0.3 is 5.69 Å². The molecule has 1 amide bonds. The van der Waals surface area contributed by atoms with Gasteiger partial charge in [-0.3, -0.25) is 9.36 Å². The Bertz CT molecular complexity index is 852. The SMILES string of the molecule is O=C(Cn1nc2n(c1=O)CCCCC2)NCC1CCCc2ccccc21. The maximum atomic E-state index is 12.5. The van der Waals surface area contributed by atoms with Gasteiger partial charge in [0, 0.05) is 25.4 Å². The van der Waals surface area contributed by atoms with E-state index >= 15 is 0 Å². The number of fused-ring (bicyclic) bond motifs is 2. The van der Waals surface area contributed by atoms with Gasteiger partial charge in [-0.15, -0.1) is 0 Å². The number of nitrogens with one attached hydrogen (secondary N) is 1. The van der Waals surface area contributed by atoms with Gasteiger partial charge < -0.3 is 5.32 Å². The van der Waals surface area contributed by atoms with Gasteiger partial charge in [-0.1, -0.05) is 30.7 Å². The van der Waals surface area contributed by atoms with Crippen LogP contribution in [0.1, 0.15) is 55.0 Å². The van der Waals surface area contributed by atoms with Crippen LogP contribution in [0, 0.1) is 0 Å². The number of carbonyl (C=O) groups excluding carboxylic acids is 1. The second-order valence-electron chi connectivity index (χ2n) is 7.41. The first-order valence-corrected chi connectivity index (χ1v) is 9.73. The lowest BCUT2D eigenvalue weighted by Gasteiger charge is -2.25. The number of amides is 1. The van der Waals surface area contributed by atoms with Crippen molar-refractivity contribution in [3.63, 3.8) is 0 Å². The van der Waals surface area contributed by atoms with Gasteiger partial charge in [0.25, 0.3) is 0 Å². The van der Waals surface area contributed by atoms with Crippen molar-refractivity contribution in [2.45, 2.75) is 64.0 Å². The molecule has 2 aliphatic rings. The quantitative estimate of drug-likeness (QED) is 0.913. The minimum atomic E-state index is -0.153. The first-order valence-electron chi connectivity index (χ1n) is 9.73. The minimum absolute atomic E-state index is 0.00714. The summed E-state index contributed by atoms with van der Waals surface area (Å²) >= 11 is 0. The van der Waals surface area contributed by atoms with E-state index in [0.29, 0.717) is 19.0 Å². The molecule has 2 heterocycles. The number of carbonyl (C=O) groups is 1. The highest BCUT2D eigenvalue weighted by molar-refractivity contribution is 5.75. The number of nitrogens with zero attached hydrogens (tertiary/aromatic N) is 3. The Hall–Kier alpha value is -2.37. The lowest BCUT2D eigenvalue weighted by molar-refractivity contribution is -0.122. The third kappa shape index (κ3) is 3.45. The van der Waals surface area contributed by atoms with Crippen LogP contribution in [0.25, 0.3) is 0 Å². The van der Waals surface area contributed by atoms with Crippen LogP contribution in [0.5, 0.6) is 0 Å². The number of hydrogen-bond donors (Lipinski definition) is 1. The van der Waals surface area contributed by atoms with E-state index in [-0.39, 0.29) is 18.1 Å². The Balaban J connectivity index is 1.39. The Morgan fingerprint density at radius 1 is 1.15 bits per heavy atom. The van der Waals surface area contributed by atoms with Crippen molar-refractivity contribution >= 4 is 5.91 Å². The van der Waals surface area contributed by atoms with Crippen LogP contribution >= 0.6 is 0 Å². The fourth-order valence-corrected chi connectivity index (χ4v) is 4.22. The molecule has 0 bridgehead atoms. The van der Waals surface area contributed by atoms with Crippen molar-refractivity contribution in [1.82, 2.24) is 19.7 Å². The van der Waals surface area contributed by atoms with Gasteiger partial charge in [-0.25, -0.2) is 9.48 Å². The van der Waals surface area contributed by atoms with Gasteiger partial charge in [0.05, 0.1) is 0 Å². The topological polar surface area (TPSA) is 68.9 Å². The maximum absolute atomic E-state index is 12.5. The molecule has 1 aromatic heterocycles. The van der Waals surface area contributed by atoms with E-state index < -0.39 is 0 Å². The Kier molecular flexibility index (Phi) is 4.91. The van der Waals surface area contributed by atoms with E-state index in [0.717, 1.165) is 50.8 Å². The number of benzene rings is 1. The highest BCUT2D eigenvalue weighted by Crippen LogP contribution is 2.30. The molecule has 6 nitrogen and oxygen atoms in total. The van der Waals surface area contributed by atoms with Crippen LogP contribution in [0.3, 0.4) is 0 Å². The normalized spacial score (nSPS) is 19.3. The highest BCUT2D eigenvalue weighted by atomic mass is 16.2. The van der Waals surface area contributed by atoms with Gasteiger partial charge in [-0.05, 0) is 43.2 Å². The van der Waals surface area contributed by atoms with Crippen LogP contribution in [-0.2, 0) is 30.7 Å². The van der Waals surface area contributed by atoms with Crippen LogP contribution in [0.15, 0.2) is 29.1 Å². The molecule has 4 rings (SSSR count). The summed E-state index contributed by atoms with van der Waals surface area (Å²) in [6, 6.07) is 8.50. The summed E-state index contributed by atoms with van der Waals surface area (Å²) in [4.78, 5) is 24.8. The first kappa shape index (κ1) is 17.1. The van der Waals surface area contributed by atoms with Crippen molar-refractivity contribution < 1.29 is 4.79 Å². The summed E-state index contributed by atoms with van der Waals surface area (Å²) in [6.07, 6.45) is 7.39. The zero-order valence-electron chi connectivity index (χ0n) is 15.1. The molecule has 1 N–H and O–H groups in total. The van der Waals surface area contributed by atoms with Crippen molar-refractivity contribution in [3.8, 4) is 0 Å². The summed E-state index contributed by atoms with van der Waals surface area (Å²) in [5.41, 5.74) is 2.59. The van der Waals surface area contributed by atoms with Gasteiger partial charge in [0.1, 0.15) is 12.4 Å². The Labute approximate surface area is 153 Å². The van der Waals surface area contributed by atoms with Crippen molar-refractivity contribution in [3.05, 3.63) is 51.7 Å². The van der Waals surface area contributed by atoms with Gasteiger partial charge in [-0.2, -0.15) is 5.10 Å². The Morgan fingerprint density at radius 2 is 2.04 bits per heavy atom. The van der Waals surface area contributed by atoms with Crippen LogP contribution in [0.2, 0.25) is 0 Å². The second kappa shape index (κ2) is 7.48. The molecule has 1 aliphatic heterocycles. The average Bonchev–Trinajstić information content (AvgIpc) is 2.83. The van der Waals surface area contributed by atoms with E-state index in [1.54, 1.807) is 4.57 Å². The molecular formula is C20H26N4O2. The molecule has 1 atom stereocenters. The lowest BCUT2D eigenvalue weighted by atomic mass is 9.83. The molecule has 138 valence electrons. The zero-order valence-corrected chi connectivity index (χ0v) is 15.1. The van der Waals surface area contributed by atoms with Gasteiger partial charge in [0.15, 0.2) is 0 Å². The summed E-state index contributed by atoms with van der Waals surface area (Å²) in [7, 11) is 0. The van der Waals surface area contributed by atoms with Crippen LogP contribution in [0.4, 0.5) is 0 Å². The smallest absolute Gasteiger partial charge is 0.346 e. The van der Waals surface area contributed by atoms with E-state index in [9.17, 15) is 9.59 Å². The third-order valence-corrected chi connectivity index (χ3v) is 5.61. The molecule has 0 radical (unpaired) electrons. The van der Waals surface area contributed by atoms with Crippen LogP contribution < -0.4 is 11.0 Å². The molecule has 1 aliphatic carbocycles. The number of aromatic nitrogens is 3. The third-order valence-electron chi connectivity index (χ3n) is 5.61. The van der Waals surface area contributed by atoms with Crippen molar-refractivity contribution in [1.29, 1.82) is 0 Å². The van der Waals surface area contributed by atoms with Crippen molar-refractivity contribution in [2.24, 2.45) is 0 Å². The maximum Gasteiger partial charge on any atom is 0.346 e. The molecule has 1 aromatic carbocycles. The van der Waals surface area contributed by atoms with E-state index in [1.165, 1.54) is 15.8 Å². The molecule has 1 unspecified atom stereocenters. The fraction of sp³-hybridized carbons (Fsp3) is 0.550. The van der Waals surface area contributed by atoms with E-state index in [4.69, 9.17) is 0 Å². The molecule has 0 saturated carbocycles. The summed E-state index contributed by atoms with van der Waals surface area (Å²) in [5, 5.41) is 7.40. The van der Waals surface area contributed by atoms with Gasteiger partial charge in [0.2, 0.25) is 5.91 Å². The summed E-state index contributed by atoms with van der Waals surface area (Å²) in [5.74, 6) is 1.05. The minimum Gasteiger partial charge on any atom is -0.354 e. The zero-order chi connectivity index (χ0) is 17.9. The predicted molar refractivity (Wildman–Crippen MR) is 99.2 cm³/mol. The summed E-state index contributed by atoms with van der Waals surface area (Å²) in [6.45, 7) is 1.35. The number of rotatable bonds is 4. The average molecular weight is 354 g/mol. The highest BCUT2D eigenvalue weighted by Gasteiger charge is 2.21.